The van der Waals surface area contributed by atoms with E-state index in [0.29, 0.717) is 0 Å². The normalized spacial score (nSPS) is 26.4. The average molecular weight is 293 g/mol. The Morgan fingerprint density at radius 1 is 1.20 bits per heavy atom. The molecule has 1 heterocycles. The minimum absolute atomic E-state index is 0.837. The molecule has 0 spiro atoms. The van der Waals surface area contributed by atoms with Gasteiger partial charge in [0, 0.05) is 30.3 Å². The molecule has 2 nitrogen and oxygen atoms in total. The van der Waals surface area contributed by atoms with E-state index in [9.17, 15) is 0 Å². The number of benzene rings is 1. The van der Waals surface area contributed by atoms with Gasteiger partial charge in [-0.15, -0.1) is 0 Å². The number of rotatable bonds is 3. The van der Waals surface area contributed by atoms with Gasteiger partial charge in [0.1, 0.15) is 0 Å². The molecule has 2 atom stereocenters. The number of hydrogen-bond donors (Lipinski definition) is 1. The first-order chi connectivity index (χ1) is 9.78. The van der Waals surface area contributed by atoms with E-state index >= 15 is 0 Å². The molecule has 3 heteroatoms. The zero-order chi connectivity index (χ0) is 13.9. The van der Waals surface area contributed by atoms with Crippen molar-refractivity contribution in [2.45, 2.75) is 38.6 Å². The van der Waals surface area contributed by atoms with Crippen molar-refractivity contribution < 1.29 is 0 Å². The number of nitrogens with one attached hydrogen (secondary N) is 1. The second-order valence-corrected chi connectivity index (χ2v) is 6.75. The highest BCUT2D eigenvalue weighted by atomic mass is 35.5. The van der Waals surface area contributed by atoms with Crippen LogP contribution in [0.4, 0.5) is 5.69 Å². The molecule has 2 aliphatic rings. The van der Waals surface area contributed by atoms with Crippen LogP contribution in [0.3, 0.4) is 0 Å². The Morgan fingerprint density at radius 2 is 2.00 bits per heavy atom. The van der Waals surface area contributed by atoms with Crippen molar-refractivity contribution in [1.82, 2.24) is 5.32 Å². The third-order valence-electron chi connectivity index (χ3n) is 5.06. The molecule has 1 saturated carbocycles. The molecule has 0 amide bonds. The summed E-state index contributed by atoms with van der Waals surface area (Å²) in [7, 11) is 1.96. The molecule has 1 aliphatic carbocycles. The Bertz CT molecular complexity index is 460. The van der Waals surface area contributed by atoms with Gasteiger partial charge in [0.15, 0.2) is 0 Å². The van der Waals surface area contributed by atoms with Gasteiger partial charge in [0.2, 0.25) is 0 Å². The molecule has 3 rings (SSSR count). The molecule has 0 aromatic heterocycles. The van der Waals surface area contributed by atoms with Crippen LogP contribution in [0.5, 0.6) is 0 Å². The van der Waals surface area contributed by atoms with Crippen molar-refractivity contribution in [3.05, 3.63) is 28.8 Å². The lowest BCUT2D eigenvalue weighted by Gasteiger charge is -2.42. The summed E-state index contributed by atoms with van der Waals surface area (Å²) < 4.78 is 0. The lowest BCUT2D eigenvalue weighted by molar-refractivity contribution is 0.202. The van der Waals surface area contributed by atoms with Gasteiger partial charge in [-0.05, 0) is 49.4 Å². The number of nitrogens with zero attached hydrogens (tertiary/aromatic N) is 1. The number of piperidine rings is 1. The van der Waals surface area contributed by atoms with Gasteiger partial charge in [-0.3, -0.25) is 0 Å². The maximum absolute atomic E-state index is 6.40. The highest BCUT2D eigenvalue weighted by Crippen LogP contribution is 2.38. The van der Waals surface area contributed by atoms with Crippen molar-refractivity contribution in [3.8, 4) is 0 Å². The molecule has 1 N–H and O–H groups in total. The summed E-state index contributed by atoms with van der Waals surface area (Å²) >= 11 is 6.40. The minimum Gasteiger partial charge on any atom is -0.371 e. The summed E-state index contributed by atoms with van der Waals surface area (Å²) in [6, 6.07) is 6.56. The molecule has 1 saturated heterocycles. The van der Waals surface area contributed by atoms with E-state index in [1.54, 1.807) is 0 Å². The van der Waals surface area contributed by atoms with E-state index < -0.39 is 0 Å². The van der Waals surface area contributed by atoms with Crippen molar-refractivity contribution in [2.75, 3.05) is 25.0 Å². The van der Waals surface area contributed by atoms with Crippen molar-refractivity contribution in [2.24, 2.45) is 11.8 Å². The Morgan fingerprint density at radius 3 is 2.75 bits per heavy atom. The van der Waals surface area contributed by atoms with Gasteiger partial charge in [0.05, 0.1) is 0 Å². The van der Waals surface area contributed by atoms with Crippen LogP contribution >= 0.6 is 11.6 Å². The summed E-state index contributed by atoms with van der Waals surface area (Å²) in [5, 5.41) is 4.05. The maximum Gasteiger partial charge on any atom is 0.0471 e. The zero-order valence-corrected chi connectivity index (χ0v) is 13.1. The summed E-state index contributed by atoms with van der Waals surface area (Å²) in [6.45, 7) is 3.26. The number of halogens is 1. The quantitative estimate of drug-likeness (QED) is 0.903. The van der Waals surface area contributed by atoms with Gasteiger partial charge in [-0.2, -0.15) is 0 Å². The Kier molecular flexibility index (Phi) is 4.52. The monoisotopic (exact) mass is 292 g/mol. The third-order valence-corrected chi connectivity index (χ3v) is 5.41. The molecule has 1 aromatic carbocycles. The molecule has 2 fully saturated rings. The Balaban J connectivity index is 1.71. The largest absolute Gasteiger partial charge is 0.371 e. The van der Waals surface area contributed by atoms with Crippen molar-refractivity contribution >= 4 is 17.3 Å². The Labute approximate surface area is 127 Å². The average Bonchev–Trinajstić information content (AvgIpc) is 2.49. The standard InChI is InChI=1S/C17H25ClN2/c1-19-11-14-6-7-16(10-17(14)18)20-9-8-13-4-2-3-5-15(13)12-20/h6-7,10,13,15,19H,2-5,8-9,11-12H2,1H3. The molecule has 0 bridgehead atoms. The van der Waals surface area contributed by atoms with Crippen LogP contribution in [0.25, 0.3) is 0 Å². The van der Waals surface area contributed by atoms with E-state index in [4.69, 9.17) is 11.6 Å². The summed E-state index contributed by atoms with van der Waals surface area (Å²) in [5.41, 5.74) is 2.49. The second kappa shape index (κ2) is 6.36. The molecule has 1 aromatic rings. The fraction of sp³-hybridized carbons (Fsp3) is 0.647. The van der Waals surface area contributed by atoms with E-state index in [0.717, 1.165) is 23.4 Å². The number of fused-ring (bicyclic) bond motifs is 1. The van der Waals surface area contributed by atoms with Crippen LogP contribution in [-0.2, 0) is 6.54 Å². The maximum atomic E-state index is 6.40. The predicted molar refractivity (Wildman–Crippen MR) is 86.5 cm³/mol. The van der Waals surface area contributed by atoms with Crippen LogP contribution in [0, 0.1) is 11.8 Å². The van der Waals surface area contributed by atoms with Crippen LogP contribution in [0.1, 0.15) is 37.7 Å². The van der Waals surface area contributed by atoms with Crippen LogP contribution < -0.4 is 10.2 Å². The summed E-state index contributed by atoms with van der Waals surface area (Å²) in [4.78, 5) is 2.54. The number of anilines is 1. The topological polar surface area (TPSA) is 15.3 Å². The smallest absolute Gasteiger partial charge is 0.0471 e. The first-order valence-corrected chi connectivity index (χ1v) is 8.33. The fourth-order valence-corrected chi connectivity index (χ4v) is 4.14. The van der Waals surface area contributed by atoms with E-state index in [1.807, 2.05) is 7.05 Å². The zero-order valence-electron chi connectivity index (χ0n) is 12.4. The third kappa shape index (κ3) is 2.96. The SMILES string of the molecule is CNCc1ccc(N2CCC3CCCCC3C2)cc1Cl. The lowest BCUT2D eigenvalue weighted by Crippen LogP contribution is -2.41. The van der Waals surface area contributed by atoms with Gasteiger partial charge in [-0.25, -0.2) is 0 Å². The van der Waals surface area contributed by atoms with Gasteiger partial charge in [0.25, 0.3) is 0 Å². The first kappa shape index (κ1) is 14.2. The lowest BCUT2D eigenvalue weighted by atomic mass is 9.75. The molecular formula is C17H25ClN2. The first-order valence-electron chi connectivity index (χ1n) is 7.96. The summed E-state index contributed by atoms with van der Waals surface area (Å²) in [6.07, 6.45) is 7.12. The molecule has 2 unspecified atom stereocenters. The molecule has 0 radical (unpaired) electrons. The fourth-order valence-electron chi connectivity index (χ4n) is 3.90. The van der Waals surface area contributed by atoms with Crippen molar-refractivity contribution in [3.63, 3.8) is 0 Å². The van der Waals surface area contributed by atoms with Crippen LogP contribution in [0.2, 0.25) is 5.02 Å². The van der Waals surface area contributed by atoms with Crippen LogP contribution in [-0.4, -0.2) is 20.1 Å². The van der Waals surface area contributed by atoms with Gasteiger partial charge < -0.3 is 10.2 Å². The predicted octanol–water partition coefficient (Wildman–Crippen LogP) is 4.08. The van der Waals surface area contributed by atoms with Crippen molar-refractivity contribution in [1.29, 1.82) is 0 Å². The van der Waals surface area contributed by atoms with Gasteiger partial charge >= 0.3 is 0 Å². The molecule has 110 valence electrons. The molecule has 1 aliphatic heterocycles. The van der Waals surface area contributed by atoms with Gasteiger partial charge in [-0.1, -0.05) is 36.9 Å². The molecular weight excluding hydrogens is 268 g/mol. The molecule has 20 heavy (non-hydrogen) atoms. The summed E-state index contributed by atoms with van der Waals surface area (Å²) in [5.74, 6) is 1.90. The minimum atomic E-state index is 0.837. The van der Waals surface area contributed by atoms with Crippen LogP contribution in [0.15, 0.2) is 18.2 Å². The highest BCUT2D eigenvalue weighted by Gasteiger charge is 2.31. The van der Waals surface area contributed by atoms with E-state index in [-0.39, 0.29) is 0 Å². The highest BCUT2D eigenvalue weighted by molar-refractivity contribution is 6.31. The second-order valence-electron chi connectivity index (χ2n) is 6.35. The van der Waals surface area contributed by atoms with E-state index in [2.05, 4.69) is 28.4 Å². The number of hydrogen-bond acceptors (Lipinski definition) is 2. The van der Waals surface area contributed by atoms with E-state index in [1.165, 1.54) is 56.4 Å². The Hall–Kier alpha value is -0.730.